The SMILES string of the molecule is COC(C)(CN1C[C@@H](COC(c2ccccc2)(c2ccccc2)c2ccccc2)OC1=O)OC. The molecule has 1 aliphatic rings. The number of carbonyl (C=O) groups excluding carboxylic acids is 1. The Labute approximate surface area is 201 Å². The summed E-state index contributed by atoms with van der Waals surface area (Å²) in [6.45, 7) is 2.65. The van der Waals surface area contributed by atoms with Crippen molar-refractivity contribution in [3.05, 3.63) is 108 Å². The molecule has 0 bridgehead atoms. The summed E-state index contributed by atoms with van der Waals surface area (Å²) in [5.41, 5.74) is 2.14. The van der Waals surface area contributed by atoms with E-state index in [0.29, 0.717) is 6.54 Å². The maximum atomic E-state index is 12.6. The Morgan fingerprint density at radius 1 is 0.824 bits per heavy atom. The van der Waals surface area contributed by atoms with Crippen molar-refractivity contribution in [1.82, 2.24) is 4.90 Å². The molecule has 1 amide bonds. The Bertz CT molecular complexity index is 957. The fourth-order valence-corrected chi connectivity index (χ4v) is 4.34. The van der Waals surface area contributed by atoms with Crippen LogP contribution in [-0.4, -0.2) is 56.8 Å². The van der Waals surface area contributed by atoms with Crippen LogP contribution in [0.5, 0.6) is 0 Å². The molecule has 1 heterocycles. The molecule has 3 aromatic carbocycles. The van der Waals surface area contributed by atoms with Gasteiger partial charge in [-0.05, 0) is 23.6 Å². The number of nitrogens with zero attached hydrogens (tertiary/aromatic N) is 1. The van der Waals surface area contributed by atoms with E-state index in [2.05, 4.69) is 36.4 Å². The van der Waals surface area contributed by atoms with Crippen LogP contribution in [0.1, 0.15) is 23.6 Å². The zero-order chi connectivity index (χ0) is 24.0. The van der Waals surface area contributed by atoms with Crippen LogP contribution in [0.15, 0.2) is 91.0 Å². The molecule has 1 aliphatic heterocycles. The highest BCUT2D eigenvalue weighted by Gasteiger charge is 2.41. The van der Waals surface area contributed by atoms with E-state index in [4.69, 9.17) is 18.9 Å². The highest BCUT2D eigenvalue weighted by molar-refractivity contribution is 5.70. The van der Waals surface area contributed by atoms with Crippen molar-refractivity contribution in [3.8, 4) is 0 Å². The summed E-state index contributed by atoms with van der Waals surface area (Å²) in [7, 11) is 3.11. The second-order valence-corrected chi connectivity index (χ2v) is 8.52. The van der Waals surface area contributed by atoms with Gasteiger partial charge in [-0.25, -0.2) is 4.79 Å². The first-order valence-electron chi connectivity index (χ1n) is 11.4. The van der Waals surface area contributed by atoms with E-state index < -0.39 is 23.6 Å². The lowest BCUT2D eigenvalue weighted by Gasteiger charge is -2.36. The smallest absolute Gasteiger partial charge is 0.410 e. The number of ether oxygens (including phenoxy) is 4. The van der Waals surface area contributed by atoms with Crippen LogP contribution in [0.2, 0.25) is 0 Å². The molecule has 34 heavy (non-hydrogen) atoms. The van der Waals surface area contributed by atoms with E-state index in [1.54, 1.807) is 26.0 Å². The van der Waals surface area contributed by atoms with Crippen molar-refractivity contribution in [1.29, 1.82) is 0 Å². The number of rotatable bonds is 10. The molecule has 0 spiro atoms. The van der Waals surface area contributed by atoms with E-state index in [1.165, 1.54) is 0 Å². The summed E-state index contributed by atoms with van der Waals surface area (Å²) in [4.78, 5) is 14.2. The van der Waals surface area contributed by atoms with Gasteiger partial charge in [-0.2, -0.15) is 0 Å². The first-order valence-corrected chi connectivity index (χ1v) is 11.4. The molecule has 3 aromatic rings. The molecule has 0 aliphatic carbocycles. The van der Waals surface area contributed by atoms with Gasteiger partial charge in [0, 0.05) is 14.2 Å². The fraction of sp³-hybridized carbons (Fsp3) is 0.321. The van der Waals surface area contributed by atoms with Gasteiger partial charge in [0.05, 0.1) is 19.7 Å². The molecule has 1 atom stereocenters. The lowest BCUT2D eigenvalue weighted by molar-refractivity contribution is -0.198. The molecule has 6 nitrogen and oxygen atoms in total. The van der Waals surface area contributed by atoms with Crippen LogP contribution in [0, 0.1) is 0 Å². The molecule has 178 valence electrons. The number of carbonyl (C=O) groups is 1. The number of benzene rings is 3. The Hall–Kier alpha value is -3.19. The lowest BCUT2D eigenvalue weighted by atomic mass is 9.80. The van der Waals surface area contributed by atoms with Gasteiger partial charge in [0.15, 0.2) is 5.79 Å². The molecule has 0 radical (unpaired) electrons. The van der Waals surface area contributed by atoms with Gasteiger partial charge in [0.1, 0.15) is 11.7 Å². The van der Waals surface area contributed by atoms with E-state index in [-0.39, 0.29) is 13.2 Å². The zero-order valence-corrected chi connectivity index (χ0v) is 19.8. The minimum Gasteiger partial charge on any atom is -0.442 e. The van der Waals surface area contributed by atoms with Crippen molar-refractivity contribution in [2.45, 2.75) is 24.4 Å². The van der Waals surface area contributed by atoms with Crippen LogP contribution in [-0.2, 0) is 24.5 Å². The second kappa shape index (κ2) is 10.4. The van der Waals surface area contributed by atoms with Crippen LogP contribution in [0.25, 0.3) is 0 Å². The van der Waals surface area contributed by atoms with Crippen molar-refractivity contribution in [3.63, 3.8) is 0 Å². The molecule has 0 aromatic heterocycles. The second-order valence-electron chi connectivity index (χ2n) is 8.52. The minimum atomic E-state index is -0.906. The molecule has 4 rings (SSSR count). The highest BCUT2D eigenvalue weighted by atomic mass is 16.7. The lowest BCUT2D eigenvalue weighted by Crippen LogP contribution is -2.44. The Balaban J connectivity index is 1.65. The van der Waals surface area contributed by atoms with Crippen molar-refractivity contribution in [2.75, 3.05) is 33.9 Å². The molecular weight excluding hydrogens is 430 g/mol. The van der Waals surface area contributed by atoms with Crippen LogP contribution < -0.4 is 0 Å². The van der Waals surface area contributed by atoms with Crippen LogP contribution in [0.3, 0.4) is 0 Å². The third-order valence-electron chi connectivity index (χ3n) is 6.32. The van der Waals surface area contributed by atoms with Crippen molar-refractivity contribution < 1.29 is 23.7 Å². The standard InChI is InChI=1S/C28H31NO5/c1-27(31-2,32-3)21-29-19-25(34-26(29)30)20-33-28(22-13-7-4-8-14-22,23-15-9-5-10-16-23)24-17-11-6-12-18-24/h4-18,25H,19-21H2,1-3H3/t25-/m0/s1. The van der Waals surface area contributed by atoms with E-state index in [1.807, 2.05) is 54.6 Å². The van der Waals surface area contributed by atoms with Gasteiger partial charge >= 0.3 is 6.09 Å². The van der Waals surface area contributed by atoms with Gasteiger partial charge in [0.25, 0.3) is 0 Å². The molecule has 0 N–H and O–H groups in total. The Kier molecular flexibility index (Phi) is 7.32. The average Bonchev–Trinajstić information content (AvgIpc) is 3.24. The maximum absolute atomic E-state index is 12.6. The third-order valence-corrected chi connectivity index (χ3v) is 6.32. The summed E-state index contributed by atoms with van der Waals surface area (Å²) in [5, 5.41) is 0. The number of methoxy groups -OCH3 is 2. The zero-order valence-electron chi connectivity index (χ0n) is 19.8. The number of hydrogen-bond acceptors (Lipinski definition) is 5. The van der Waals surface area contributed by atoms with Crippen molar-refractivity contribution >= 4 is 6.09 Å². The monoisotopic (exact) mass is 461 g/mol. The van der Waals surface area contributed by atoms with Crippen molar-refractivity contribution in [2.24, 2.45) is 0 Å². The average molecular weight is 462 g/mol. The molecule has 0 saturated carbocycles. The minimum absolute atomic E-state index is 0.220. The molecule has 1 saturated heterocycles. The van der Waals surface area contributed by atoms with Crippen LogP contribution in [0.4, 0.5) is 4.79 Å². The largest absolute Gasteiger partial charge is 0.442 e. The summed E-state index contributed by atoms with van der Waals surface area (Å²) in [5.74, 6) is -0.906. The molecular formula is C28H31NO5. The molecule has 1 fully saturated rings. The number of cyclic esters (lactones) is 1. The predicted octanol–water partition coefficient (Wildman–Crippen LogP) is 4.82. The van der Waals surface area contributed by atoms with E-state index in [0.717, 1.165) is 16.7 Å². The summed E-state index contributed by atoms with van der Waals surface area (Å²) >= 11 is 0. The van der Waals surface area contributed by atoms with Gasteiger partial charge < -0.3 is 18.9 Å². The fourth-order valence-electron chi connectivity index (χ4n) is 4.34. The summed E-state index contributed by atoms with van der Waals surface area (Å²) < 4.78 is 23.3. The predicted molar refractivity (Wildman–Crippen MR) is 129 cm³/mol. The third kappa shape index (κ3) is 4.85. The topological polar surface area (TPSA) is 57.2 Å². The summed E-state index contributed by atoms with van der Waals surface area (Å²) in [6, 6.07) is 30.4. The maximum Gasteiger partial charge on any atom is 0.410 e. The van der Waals surface area contributed by atoms with Gasteiger partial charge in [-0.15, -0.1) is 0 Å². The van der Waals surface area contributed by atoms with Gasteiger partial charge in [-0.3, -0.25) is 4.90 Å². The molecule has 0 unspecified atom stereocenters. The first-order chi connectivity index (χ1) is 16.5. The van der Waals surface area contributed by atoms with Gasteiger partial charge in [0.2, 0.25) is 0 Å². The Morgan fingerprint density at radius 2 is 1.26 bits per heavy atom. The van der Waals surface area contributed by atoms with E-state index in [9.17, 15) is 4.79 Å². The molecule has 6 heteroatoms. The summed E-state index contributed by atoms with van der Waals surface area (Å²) in [6.07, 6.45) is -0.834. The normalized spacial score (nSPS) is 16.5. The number of amides is 1. The first kappa shape index (κ1) is 24.0. The van der Waals surface area contributed by atoms with Gasteiger partial charge in [-0.1, -0.05) is 91.0 Å². The number of hydrogen-bond donors (Lipinski definition) is 0. The quantitative estimate of drug-likeness (QED) is 0.320. The highest BCUT2D eigenvalue weighted by Crippen LogP contribution is 2.40. The Morgan fingerprint density at radius 3 is 1.68 bits per heavy atom. The van der Waals surface area contributed by atoms with E-state index >= 15 is 0 Å². The van der Waals surface area contributed by atoms with Crippen LogP contribution >= 0.6 is 0 Å².